The van der Waals surface area contributed by atoms with Gasteiger partial charge in [0.15, 0.2) is 0 Å². The summed E-state index contributed by atoms with van der Waals surface area (Å²) in [6.45, 7) is 25.4. The Balaban J connectivity index is 1.34. The Labute approximate surface area is 396 Å². The molecule has 0 amide bonds. The average Bonchev–Trinajstić information content (AvgIpc) is 3.67. The van der Waals surface area contributed by atoms with E-state index in [0.717, 1.165) is 0 Å². The van der Waals surface area contributed by atoms with Crippen molar-refractivity contribution in [1.82, 2.24) is 0 Å². The van der Waals surface area contributed by atoms with Gasteiger partial charge in [0.2, 0.25) is 0 Å². The molecule has 2 nitrogen and oxygen atoms in total. The van der Waals surface area contributed by atoms with Gasteiger partial charge in [-0.25, -0.2) is 0 Å². The first-order valence-corrected chi connectivity index (χ1v) is 24.5. The highest BCUT2D eigenvalue weighted by Gasteiger charge is 2.47. The second-order valence-corrected chi connectivity index (χ2v) is 23.0. The maximum absolute atomic E-state index is 2.69. The Bertz CT molecular complexity index is 3370. The van der Waals surface area contributed by atoms with Crippen LogP contribution < -0.4 is 20.6 Å². The number of rotatable bonds is 4. The fraction of sp³-hybridized carbons (Fsp3) is 0.226. The van der Waals surface area contributed by atoms with E-state index in [9.17, 15) is 0 Å². The standard InChI is InChI=1S/C62H59BN2S/c1-38-18-17-19-39(2)56(38)41-34-49-46-30-26-44(62(9,10)11)37-52(46)65(45-28-24-42(25-29-45)60(3,4)5)63-50-31-33-55-57(47-22-15-16-23-54(47)66-55)59(50)64(53(35-41)58(49)63)51-32-27-43(61(6,7)8)36-48(51)40-20-13-12-14-21-40/h12-37H,1-11H3. The van der Waals surface area contributed by atoms with Gasteiger partial charge in [0.1, 0.15) is 0 Å². The summed E-state index contributed by atoms with van der Waals surface area (Å²) in [6.07, 6.45) is 0. The molecule has 0 N–H and O–H groups in total. The number of nitrogens with zero attached hydrogens (tertiary/aromatic N) is 2. The van der Waals surface area contributed by atoms with Gasteiger partial charge in [-0.15, -0.1) is 11.3 Å². The van der Waals surface area contributed by atoms with Crippen molar-refractivity contribution in [1.29, 1.82) is 0 Å². The molecule has 0 fully saturated rings. The minimum absolute atomic E-state index is 0.0319. The largest absolute Gasteiger partial charge is 0.376 e. The maximum Gasteiger partial charge on any atom is 0.333 e. The van der Waals surface area contributed by atoms with Crippen LogP contribution in [0.2, 0.25) is 0 Å². The van der Waals surface area contributed by atoms with Crippen molar-refractivity contribution in [3.63, 3.8) is 0 Å². The molecule has 326 valence electrons. The molecule has 0 aliphatic carbocycles. The lowest BCUT2D eigenvalue weighted by atomic mass is 9.43. The van der Waals surface area contributed by atoms with Crippen molar-refractivity contribution < 1.29 is 0 Å². The molecule has 0 radical (unpaired) electrons. The lowest BCUT2D eigenvalue weighted by Crippen LogP contribution is -2.61. The second kappa shape index (κ2) is 15.1. The smallest absolute Gasteiger partial charge is 0.333 e. The van der Waals surface area contributed by atoms with Crippen molar-refractivity contribution in [2.24, 2.45) is 0 Å². The Morgan fingerprint density at radius 3 is 1.79 bits per heavy atom. The van der Waals surface area contributed by atoms with E-state index in [2.05, 4.69) is 244 Å². The summed E-state index contributed by atoms with van der Waals surface area (Å²) >= 11 is 1.90. The summed E-state index contributed by atoms with van der Waals surface area (Å²) in [5.74, 6) is 0. The van der Waals surface area contributed by atoms with Crippen molar-refractivity contribution >= 4 is 77.7 Å². The first-order valence-electron chi connectivity index (χ1n) is 23.7. The number of hydrogen-bond donors (Lipinski definition) is 0. The van der Waals surface area contributed by atoms with E-state index in [1.165, 1.54) is 121 Å². The third-order valence-electron chi connectivity index (χ3n) is 14.4. The van der Waals surface area contributed by atoms with Crippen molar-refractivity contribution in [3.8, 4) is 33.4 Å². The van der Waals surface area contributed by atoms with E-state index in [-0.39, 0.29) is 23.1 Å². The van der Waals surface area contributed by atoms with Crippen LogP contribution >= 0.6 is 11.3 Å². The maximum atomic E-state index is 2.69. The molecule has 2 aliphatic heterocycles. The third kappa shape index (κ3) is 6.74. The molecule has 11 rings (SSSR count). The van der Waals surface area contributed by atoms with E-state index >= 15 is 0 Å². The molecule has 9 aromatic rings. The van der Waals surface area contributed by atoms with Gasteiger partial charge in [0.05, 0.1) is 11.4 Å². The summed E-state index contributed by atoms with van der Waals surface area (Å²) in [6, 6.07) is 60.9. The number of thiophene rings is 1. The third-order valence-corrected chi connectivity index (χ3v) is 15.5. The van der Waals surface area contributed by atoms with Crippen LogP contribution in [0.1, 0.15) is 90.1 Å². The lowest BCUT2D eigenvalue weighted by Gasteiger charge is -2.47. The van der Waals surface area contributed by atoms with Crippen LogP contribution in [0.25, 0.3) is 53.6 Å². The van der Waals surface area contributed by atoms with Crippen molar-refractivity contribution in [2.75, 3.05) is 9.71 Å². The molecular weight excluding hydrogens is 816 g/mol. The molecule has 0 spiro atoms. The highest BCUT2D eigenvalue weighted by atomic mass is 32.1. The quantitative estimate of drug-likeness (QED) is 0.163. The van der Waals surface area contributed by atoms with Crippen LogP contribution in [0.4, 0.5) is 28.4 Å². The molecule has 66 heavy (non-hydrogen) atoms. The fourth-order valence-electron chi connectivity index (χ4n) is 10.8. The van der Waals surface area contributed by atoms with Crippen LogP contribution in [0.3, 0.4) is 0 Å². The predicted octanol–water partition coefficient (Wildman–Crippen LogP) is 16.6. The lowest BCUT2D eigenvalue weighted by molar-refractivity contribution is 0.590. The zero-order chi connectivity index (χ0) is 46.0. The molecule has 4 heteroatoms. The van der Waals surface area contributed by atoms with Crippen LogP contribution in [-0.2, 0) is 16.2 Å². The van der Waals surface area contributed by atoms with Gasteiger partial charge in [-0.05, 0) is 146 Å². The minimum atomic E-state index is -0.117. The Morgan fingerprint density at radius 2 is 1.09 bits per heavy atom. The van der Waals surface area contributed by atoms with E-state index < -0.39 is 0 Å². The van der Waals surface area contributed by atoms with E-state index in [4.69, 9.17) is 0 Å². The summed E-state index contributed by atoms with van der Waals surface area (Å²) in [4.78, 5) is 5.38. The Morgan fingerprint density at radius 1 is 0.455 bits per heavy atom. The molecule has 2 aliphatic rings. The number of fused-ring (bicyclic) bond motifs is 8. The van der Waals surface area contributed by atoms with Gasteiger partial charge in [-0.2, -0.15) is 0 Å². The molecule has 1 aromatic heterocycles. The first kappa shape index (κ1) is 42.3. The average molecular weight is 875 g/mol. The fourth-order valence-corrected chi connectivity index (χ4v) is 11.9. The topological polar surface area (TPSA) is 6.48 Å². The summed E-state index contributed by atoms with van der Waals surface area (Å²) in [5.41, 5.74) is 22.8. The van der Waals surface area contributed by atoms with Gasteiger partial charge < -0.3 is 9.71 Å². The van der Waals surface area contributed by atoms with Crippen LogP contribution in [0.15, 0.2) is 158 Å². The molecule has 0 saturated heterocycles. The van der Waals surface area contributed by atoms with Crippen molar-refractivity contribution in [2.45, 2.75) is 92.4 Å². The molecule has 0 atom stereocenters. The van der Waals surface area contributed by atoms with Gasteiger partial charge >= 0.3 is 6.85 Å². The SMILES string of the molecule is Cc1cccc(C)c1-c1cc2c3c(c1)N(c1ccc(C(C)(C)C)cc1-c1ccccc1)c1c(ccc4sc5ccccc5c14)B3N(c1ccc(C(C)(C)C)cc1)c1cc(C(C)(C)C)ccc1-2. The van der Waals surface area contributed by atoms with Crippen LogP contribution in [-0.4, -0.2) is 6.85 Å². The Kier molecular flexibility index (Phi) is 9.67. The van der Waals surface area contributed by atoms with Crippen LogP contribution in [0.5, 0.6) is 0 Å². The molecule has 0 bridgehead atoms. The molecule has 0 unspecified atom stereocenters. The summed E-state index contributed by atoms with van der Waals surface area (Å²) in [7, 11) is 0. The van der Waals surface area contributed by atoms with E-state index in [1.807, 2.05) is 11.3 Å². The highest BCUT2D eigenvalue weighted by Crippen LogP contribution is 2.54. The summed E-state index contributed by atoms with van der Waals surface area (Å²) < 4.78 is 2.61. The first-order chi connectivity index (χ1) is 31.5. The molecule has 8 aromatic carbocycles. The highest BCUT2D eigenvalue weighted by molar-refractivity contribution is 7.26. The van der Waals surface area contributed by atoms with Gasteiger partial charge in [-0.3, -0.25) is 0 Å². The van der Waals surface area contributed by atoms with E-state index in [0.29, 0.717) is 0 Å². The monoisotopic (exact) mass is 874 g/mol. The molecule has 0 saturated carbocycles. The predicted molar refractivity (Wildman–Crippen MR) is 289 cm³/mol. The van der Waals surface area contributed by atoms with E-state index in [1.54, 1.807) is 0 Å². The number of aryl methyl sites for hydroxylation is 2. The minimum Gasteiger partial charge on any atom is -0.376 e. The van der Waals surface area contributed by atoms with Crippen LogP contribution in [0, 0.1) is 13.8 Å². The van der Waals surface area contributed by atoms with Gasteiger partial charge in [-0.1, -0.05) is 165 Å². The summed E-state index contributed by atoms with van der Waals surface area (Å²) in [5, 5.41) is 2.61. The second-order valence-electron chi connectivity index (χ2n) is 21.9. The van der Waals surface area contributed by atoms with Gasteiger partial charge in [0, 0.05) is 48.4 Å². The zero-order valence-electron chi connectivity index (χ0n) is 40.4. The number of benzene rings is 8. The van der Waals surface area contributed by atoms with Gasteiger partial charge in [0.25, 0.3) is 0 Å². The molecular formula is C62H59BN2S. The number of hydrogen-bond acceptors (Lipinski definition) is 3. The van der Waals surface area contributed by atoms with Crippen molar-refractivity contribution in [3.05, 3.63) is 186 Å². The zero-order valence-corrected chi connectivity index (χ0v) is 41.2. The normalized spacial score (nSPS) is 13.6. The molecule has 3 heterocycles. The Hall–Kier alpha value is -6.36. The number of anilines is 5.